The maximum atomic E-state index is 11.8. The number of piperidine rings is 1. The third-order valence-electron chi connectivity index (χ3n) is 5.54. The normalized spacial score (nSPS) is 17.4. The van der Waals surface area contributed by atoms with E-state index < -0.39 is 5.60 Å². The highest BCUT2D eigenvalue weighted by Crippen LogP contribution is 2.35. The first-order valence-corrected chi connectivity index (χ1v) is 10.4. The summed E-state index contributed by atoms with van der Waals surface area (Å²) in [7, 11) is 0. The molecule has 1 saturated heterocycles. The largest absolute Gasteiger partial charge is 0.494 e. The van der Waals surface area contributed by atoms with Crippen LogP contribution >= 0.6 is 0 Å². The fourth-order valence-electron chi connectivity index (χ4n) is 3.91. The summed E-state index contributed by atoms with van der Waals surface area (Å²) in [6, 6.07) is 16.3. The van der Waals surface area contributed by atoms with E-state index >= 15 is 0 Å². The third-order valence-corrected chi connectivity index (χ3v) is 5.54. The highest BCUT2D eigenvalue weighted by molar-refractivity contribution is 5.40. The van der Waals surface area contributed by atoms with E-state index in [1.165, 1.54) is 24.8 Å². The molecule has 2 aromatic carbocycles. The van der Waals surface area contributed by atoms with Gasteiger partial charge in [0.1, 0.15) is 11.4 Å². The number of hydrogen-bond donors (Lipinski definition) is 1. The van der Waals surface area contributed by atoms with E-state index in [0.29, 0.717) is 6.42 Å². The lowest BCUT2D eigenvalue weighted by Crippen LogP contribution is -2.36. The number of ether oxygens (including phenoxy) is 1. The molecule has 3 nitrogen and oxygen atoms in total. The number of rotatable bonds is 8. The second-order valence-corrected chi connectivity index (χ2v) is 7.75. The van der Waals surface area contributed by atoms with Crippen LogP contribution < -0.4 is 4.74 Å². The molecule has 27 heavy (non-hydrogen) atoms. The number of likely N-dealkylation sites (tertiary alicyclic amines) is 1. The zero-order chi connectivity index (χ0) is 19.1. The van der Waals surface area contributed by atoms with Gasteiger partial charge in [0.05, 0.1) is 6.61 Å². The zero-order valence-electron chi connectivity index (χ0n) is 16.8. The summed E-state index contributed by atoms with van der Waals surface area (Å²) in [6.45, 7) is 8.11. The van der Waals surface area contributed by atoms with Crippen molar-refractivity contribution in [3.8, 4) is 5.75 Å². The van der Waals surface area contributed by atoms with E-state index in [-0.39, 0.29) is 0 Å². The van der Waals surface area contributed by atoms with Crippen LogP contribution in [0.3, 0.4) is 0 Å². The summed E-state index contributed by atoms with van der Waals surface area (Å²) in [6.07, 6.45) is 5.56. The topological polar surface area (TPSA) is 32.7 Å². The lowest BCUT2D eigenvalue weighted by Gasteiger charge is -2.34. The third kappa shape index (κ3) is 5.12. The van der Waals surface area contributed by atoms with Gasteiger partial charge < -0.3 is 14.7 Å². The molecule has 1 fully saturated rings. The van der Waals surface area contributed by atoms with Gasteiger partial charge in [-0.15, -0.1) is 0 Å². The van der Waals surface area contributed by atoms with Gasteiger partial charge >= 0.3 is 0 Å². The van der Waals surface area contributed by atoms with Gasteiger partial charge in [0.2, 0.25) is 0 Å². The van der Waals surface area contributed by atoms with Crippen LogP contribution in [0.15, 0.2) is 48.5 Å². The Morgan fingerprint density at radius 2 is 1.74 bits per heavy atom. The molecule has 1 atom stereocenters. The lowest BCUT2D eigenvalue weighted by molar-refractivity contribution is 0.0544. The Kier molecular flexibility index (Phi) is 6.92. The number of hydrogen-bond acceptors (Lipinski definition) is 3. The quantitative estimate of drug-likeness (QED) is 0.720. The minimum Gasteiger partial charge on any atom is -0.494 e. The van der Waals surface area contributed by atoms with Gasteiger partial charge in [-0.3, -0.25) is 0 Å². The zero-order valence-corrected chi connectivity index (χ0v) is 16.8. The van der Waals surface area contributed by atoms with Gasteiger partial charge in [-0.1, -0.05) is 55.3 Å². The Balaban J connectivity index is 1.84. The van der Waals surface area contributed by atoms with Gasteiger partial charge in [0, 0.05) is 6.54 Å². The van der Waals surface area contributed by atoms with Crippen molar-refractivity contribution in [3.63, 3.8) is 0 Å². The summed E-state index contributed by atoms with van der Waals surface area (Å²) < 4.78 is 5.71. The Bertz CT molecular complexity index is 707. The van der Waals surface area contributed by atoms with E-state index in [1.54, 1.807) is 0 Å². The average molecular weight is 368 g/mol. The second-order valence-electron chi connectivity index (χ2n) is 7.75. The molecule has 1 aliphatic heterocycles. The number of aryl methyl sites for hydroxylation is 1. The molecule has 0 bridgehead atoms. The van der Waals surface area contributed by atoms with Crippen molar-refractivity contribution in [2.75, 3.05) is 26.2 Å². The first-order valence-electron chi connectivity index (χ1n) is 10.4. The monoisotopic (exact) mass is 367 g/mol. The summed E-state index contributed by atoms with van der Waals surface area (Å²) >= 11 is 0. The van der Waals surface area contributed by atoms with Crippen LogP contribution in [0.25, 0.3) is 0 Å². The first-order chi connectivity index (χ1) is 13.1. The van der Waals surface area contributed by atoms with E-state index in [4.69, 9.17) is 4.74 Å². The smallest absolute Gasteiger partial charge is 0.119 e. The summed E-state index contributed by atoms with van der Waals surface area (Å²) in [4.78, 5) is 2.49. The molecule has 0 amide bonds. The van der Waals surface area contributed by atoms with Crippen molar-refractivity contribution < 1.29 is 9.84 Å². The van der Waals surface area contributed by atoms with Crippen molar-refractivity contribution in [1.82, 2.24) is 4.90 Å². The molecule has 1 N–H and O–H groups in total. The highest BCUT2D eigenvalue weighted by Gasteiger charge is 2.32. The number of benzene rings is 2. The second kappa shape index (κ2) is 9.38. The number of aliphatic hydroxyl groups is 1. The maximum absolute atomic E-state index is 11.8. The Labute approximate surface area is 164 Å². The van der Waals surface area contributed by atoms with Crippen LogP contribution in [-0.2, 0) is 5.60 Å². The molecule has 2 aromatic rings. The lowest BCUT2D eigenvalue weighted by atomic mass is 9.82. The molecule has 3 heteroatoms. The van der Waals surface area contributed by atoms with Gasteiger partial charge in [-0.25, -0.2) is 0 Å². The molecule has 1 aliphatic rings. The maximum Gasteiger partial charge on any atom is 0.119 e. The fourth-order valence-corrected chi connectivity index (χ4v) is 3.91. The Hall–Kier alpha value is -1.84. The summed E-state index contributed by atoms with van der Waals surface area (Å²) in [5.74, 6) is 0.864. The number of nitrogens with zero attached hydrogens (tertiary/aromatic N) is 1. The van der Waals surface area contributed by atoms with Crippen LogP contribution in [0.4, 0.5) is 0 Å². The minimum absolute atomic E-state index is 0.700. The molecular formula is C24H33NO2. The van der Waals surface area contributed by atoms with Crippen molar-refractivity contribution >= 4 is 0 Å². The van der Waals surface area contributed by atoms with Crippen molar-refractivity contribution in [3.05, 3.63) is 65.2 Å². The minimum atomic E-state index is -0.979. The molecule has 1 heterocycles. The molecular weight excluding hydrogens is 334 g/mol. The van der Waals surface area contributed by atoms with Gasteiger partial charge in [-0.05, 0) is 69.0 Å². The summed E-state index contributed by atoms with van der Waals surface area (Å²) in [5, 5.41) is 11.8. The molecule has 0 aliphatic carbocycles. The van der Waals surface area contributed by atoms with Crippen molar-refractivity contribution in [2.45, 2.75) is 51.6 Å². The van der Waals surface area contributed by atoms with Crippen LogP contribution in [0.1, 0.15) is 55.7 Å². The molecule has 146 valence electrons. The predicted molar refractivity (Wildman–Crippen MR) is 111 cm³/mol. The van der Waals surface area contributed by atoms with E-state index in [9.17, 15) is 5.11 Å². The van der Waals surface area contributed by atoms with E-state index in [0.717, 1.165) is 49.5 Å². The molecule has 0 radical (unpaired) electrons. The van der Waals surface area contributed by atoms with E-state index in [1.807, 2.05) is 36.4 Å². The molecule has 0 spiro atoms. The van der Waals surface area contributed by atoms with Crippen molar-refractivity contribution in [2.24, 2.45) is 0 Å². The van der Waals surface area contributed by atoms with Crippen LogP contribution in [-0.4, -0.2) is 36.2 Å². The Morgan fingerprint density at radius 3 is 2.41 bits per heavy atom. The fraction of sp³-hybridized carbons (Fsp3) is 0.500. The predicted octanol–water partition coefficient (Wildman–Crippen LogP) is 4.90. The summed E-state index contributed by atoms with van der Waals surface area (Å²) in [5.41, 5.74) is 2.11. The van der Waals surface area contributed by atoms with Crippen LogP contribution in [0, 0.1) is 6.92 Å². The van der Waals surface area contributed by atoms with Gasteiger partial charge in [0.25, 0.3) is 0 Å². The highest BCUT2D eigenvalue weighted by atomic mass is 16.5. The van der Waals surface area contributed by atoms with Gasteiger partial charge in [0.15, 0.2) is 0 Å². The SMILES string of the molecule is CCCOc1ccc([C@](O)(CCN2CCCCC2)c2cccc(C)c2)cc1. The van der Waals surface area contributed by atoms with Gasteiger partial charge in [-0.2, -0.15) is 0 Å². The molecule has 0 unspecified atom stereocenters. The standard InChI is InChI=1S/C24H33NO2/c1-3-18-27-23-12-10-21(11-13-23)24(26,22-9-7-8-20(2)19-22)14-17-25-15-5-4-6-16-25/h7-13,19,26H,3-6,14-18H2,1-2H3/t24-/m1/s1. The molecule has 0 aromatic heterocycles. The Morgan fingerprint density at radius 1 is 1.00 bits per heavy atom. The molecule has 0 saturated carbocycles. The van der Waals surface area contributed by atoms with Crippen LogP contribution in [0.5, 0.6) is 5.75 Å². The average Bonchev–Trinajstić information content (AvgIpc) is 2.71. The first kappa shape index (κ1) is 19.9. The van der Waals surface area contributed by atoms with E-state index in [2.05, 4.69) is 30.9 Å². The van der Waals surface area contributed by atoms with Crippen LogP contribution in [0.2, 0.25) is 0 Å². The van der Waals surface area contributed by atoms with Crippen molar-refractivity contribution in [1.29, 1.82) is 0 Å². The molecule has 3 rings (SSSR count).